The van der Waals surface area contributed by atoms with Crippen LogP contribution in [0.1, 0.15) is 29.9 Å². The summed E-state index contributed by atoms with van der Waals surface area (Å²) in [7, 11) is 3.80. The number of aryl methyl sites for hydroxylation is 1. The first-order valence-corrected chi connectivity index (χ1v) is 8.09. The number of hydrogen-bond donors (Lipinski definition) is 1. The Hall–Kier alpha value is -2.14. The smallest absolute Gasteiger partial charge is 0.230 e. The molecule has 2 aromatic rings. The number of likely N-dealkylation sites (tertiary alicyclic amines) is 1. The van der Waals surface area contributed by atoms with E-state index < -0.39 is 0 Å². The molecule has 23 heavy (non-hydrogen) atoms. The molecular weight excluding hydrogens is 288 g/mol. The highest BCUT2D eigenvalue weighted by atomic mass is 16.5. The van der Waals surface area contributed by atoms with E-state index in [0.29, 0.717) is 17.7 Å². The lowest BCUT2D eigenvalue weighted by molar-refractivity contribution is 0.255. The predicted octanol–water partition coefficient (Wildman–Crippen LogP) is 3.35. The molecule has 1 aliphatic heterocycles. The second-order valence-electron chi connectivity index (χ2n) is 6.20. The molecule has 1 fully saturated rings. The van der Waals surface area contributed by atoms with Crippen molar-refractivity contribution in [2.24, 2.45) is 0 Å². The lowest BCUT2D eigenvalue weighted by atomic mass is 9.87. The van der Waals surface area contributed by atoms with Gasteiger partial charge in [0, 0.05) is 18.0 Å². The molecule has 0 radical (unpaired) electrons. The zero-order chi connectivity index (χ0) is 16.2. The van der Waals surface area contributed by atoms with Crippen molar-refractivity contribution in [3.05, 3.63) is 41.6 Å². The van der Waals surface area contributed by atoms with E-state index in [9.17, 15) is 0 Å². The molecule has 0 bridgehead atoms. The average Bonchev–Trinajstić information content (AvgIpc) is 2.56. The van der Waals surface area contributed by atoms with Crippen molar-refractivity contribution in [2.75, 3.05) is 32.6 Å². The first-order chi connectivity index (χ1) is 11.2. The van der Waals surface area contributed by atoms with Gasteiger partial charge in [-0.2, -0.15) is 4.98 Å². The molecule has 1 aliphatic rings. The molecule has 1 N–H and O–H groups in total. The van der Waals surface area contributed by atoms with Crippen molar-refractivity contribution in [1.29, 1.82) is 0 Å². The van der Waals surface area contributed by atoms with E-state index >= 15 is 0 Å². The monoisotopic (exact) mass is 312 g/mol. The Morgan fingerprint density at radius 2 is 2.00 bits per heavy atom. The summed E-state index contributed by atoms with van der Waals surface area (Å²) < 4.78 is 5.13. The number of nitrogens with zero attached hydrogens (tertiary/aromatic N) is 3. The quantitative estimate of drug-likeness (QED) is 0.938. The molecule has 5 nitrogen and oxygen atoms in total. The van der Waals surface area contributed by atoms with E-state index in [1.807, 2.05) is 0 Å². The SMILES string of the molecule is COc1ccnc(Nc2ccc(C3CCN(C)CC3)c(C)c2)n1. The van der Waals surface area contributed by atoms with Crippen LogP contribution in [0.5, 0.6) is 5.88 Å². The molecule has 3 rings (SSSR count). The zero-order valence-electron chi connectivity index (χ0n) is 14.0. The van der Waals surface area contributed by atoms with Gasteiger partial charge in [0.05, 0.1) is 7.11 Å². The maximum atomic E-state index is 5.13. The molecule has 1 saturated heterocycles. The Bertz CT molecular complexity index is 666. The molecule has 0 unspecified atom stereocenters. The molecule has 0 saturated carbocycles. The highest BCUT2D eigenvalue weighted by Gasteiger charge is 2.19. The molecule has 1 aromatic heterocycles. The number of piperidine rings is 1. The highest BCUT2D eigenvalue weighted by Crippen LogP contribution is 2.31. The lowest BCUT2D eigenvalue weighted by Crippen LogP contribution is -2.29. The van der Waals surface area contributed by atoms with Crippen LogP contribution in [0.15, 0.2) is 30.5 Å². The summed E-state index contributed by atoms with van der Waals surface area (Å²) in [4.78, 5) is 10.9. The fraction of sp³-hybridized carbons (Fsp3) is 0.444. The van der Waals surface area contributed by atoms with Crippen LogP contribution in [0.25, 0.3) is 0 Å². The van der Waals surface area contributed by atoms with Gasteiger partial charge in [-0.15, -0.1) is 0 Å². The highest BCUT2D eigenvalue weighted by molar-refractivity contribution is 5.56. The number of aromatic nitrogens is 2. The van der Waals surface area contributed by atoms with E-state index in [-0.39, 0.29) is 0 Å². The van der Waals surface area contributed by atoms with E-state index in [1.165, 1.54) is 37.1 Å². The zero-order valence-corrected chi connectivity index (χ0v) is 14.0. The van der Waals surface area contributed by atoms with E-state index in [1.54, 1.807) is 19.4 Å². The Morgan fingerprint density at radius 3 is 2.70 bits per heavy atom. The van der Waals surface area contributed by atoms with Gasteiger partial charge in [-0.05, 0) is 69.1 Å². The van der Waals surface area contributed by atoms with Gasteiger partial charge >= 0.3 is 0 Å². The van der Waals surface area contributed by atoms with Crippen molar-refractivity contribution < 1.29 is 4.74 Å². The first kappa shape index (κ1) is 15.7. The first-order valence-electron chi connectivity index (χ1n) is 8.09. The number of methoxy groups -OCH3 is 1. The topological polar surface area (TPSA) is 50.3 Å². The van der Waals surface area contributed by atoms with E-state index in [2.05, 4.69) is 52.4 Å². The molecule has 0 spiro atoms. The Balaban J connectivity index is 1.73. The maximum absolute atomic E-state index is 5.13. The summed E-state index contributed by atoms with van der Waals surface area (Å²) in [5, 5.41) is 3.25. The number of nitrogens with one attached hydrogen (secondary N) is 1. The number of benzene rings is 1. The minimum atomic E-state index is 0.552. The third-order valence-electron chi connectivity index (χ3n) is 4.52. The normalized spacial score (nSPS) is 16.3. The van der Waals surface area contributed by atoms with Crippen LogP contribution < -0.4 is 10.1 Å². The molecule has 5 heteroatoms. The summed E-state index contributed by atoms with van der Waals surface area (Å²) in [5.74, 6) is 1.78. The second kappa shape index (κ2) is 6.96. The van der Waals surface area contributed by atoms with Crippen molar-refractivity contribution in [2.45, 2.75) is 25.7 Å². The Morgan fingerprint density at radius 1 is 1.22 bits per heavy atom. The minimum absolute atomic E-state index is 0.552. The third-order valence-corrected chi connectivity index (χ3v) is 4.52. The Labute approximate surface area is 137 Å². The van der Waals surface area contributed by atoms with Crippen LogP contribution in [0.2, 0.25) is 0 Å². The van der Waals surface area contributed by atoms with Crippen LogP contribution in [-0.4, -0.2) is 42.1 Å². The van der Waals surface area contributed by atoms with E-state index in [0.717, 1.165) is 5.69 Å². The van der Waals surface area contributed by atoms with Gasteiger partial charge in [0.1, 0.15) is 0 Å². The summed E-state index contributed by atoms with van der Waals surface area (Å²) in [6.45, 7) is 4.55. The van der Waals surface area contributed by atoms with Crippen LogP contribution >= 0.6 is 0 Å². The fourth-order valence-corrected chi connectivity index (χ4v) is 3.18. The molecule has 0 atom stereocenters. The van der Waals surface area contributed by atoms with Crippen molar-refractivity contribution in [3.63, 3.8) is 0 Å². The molecule has 0 aliphatic carbocycles. The minimum Gasteiger partial charge on any atom is -0.481 e. The number of hydrogen-bond acceptors (Lipinski definition) is 5. The lowest BCUT2D eigenvalue weighted by Gasteiger charge is -2.30. The summed E-state index contributed by atoms with van der Waals surface area (Å²) in [6.07, 6.45) is 4.17. The number of rotatable bonds is 4. The Kier molecular flexibility index (Phi) is 4.76. The van der Waals surface area contributed by atoms with Gasteiger partial charge in [-0.1, -0.05) is 6.07 Å². The summed E-state index contributed by atoms with van der Waals surface area (Å²) >= 11 is 0. The molecular formula is C18H24N4O. The van der Waals surface area contributed by atoms with Gasteiger partial charge in [0.15, 0.2) is 0 Å². The number of ether oxygens (including phenoxy) is 1. The summed E-state index contributed by atoms with van der Waals surface area (Å²) in [5.41, 5.74) is 3.80. The molecule has 0 amide bonds. The largest absolute Gasteiger partial charge is 0.481 e. The molecule has 1 aromatic carbocycles. The van der Waals surface area contributed by atoms with Crippen LogP contribution in [-0.2, 0) is 0 Å². The average molecular weight is 312 g/mol. The molecule has 2 heterocycles. The van der Waals surface area contributed by atoms with Gasteiger partial charge in [0.2, 0.25) is 11.8 Å². The van der Waals surface area contributed by atoms with Gasteiger partial charge in [-0.25, -0.2) is 4.98 Å². The maximum Gasteiger partial charge on any atom is 0.230 e. The van der Waals surface area contributed by atoms with Gasteiger partial charge in [0.25, 0.3) is 0 Å². The predicted molar refractivity (Wildman–Crippen MR) is 92.5 cm³/mol. The van der Waals surface area contributed by atoms with Gasteiger partial charge in [-0.3, -0.25) is 0 Å². The summed E-state index contributed by atoms with van der Waals surface area (Å²) in [6, 6.07) is 8.27. The fourth-order valence-electron chi connectivity index (χ4n) is 3.18. The second-order valence-corrected chi connectivity index (χ2v) is 6.20. The molecule has 122 valence electrons. The standard InChI is InChI=1S/C18H24N4O/c1-13-12-15(20-18-19-9-6-17(21-18)23-3)4-5-16(13)14-7-10-22(2)11-8-14/h4-6,9,12,14H,7-8,10-11H2,1-3H3,(H,19,20,21). The van der Waals surface area contributed by atoms with Crippen LogP contribution in [0.4, 0.5) is 11.6 Å². The van der Waals surface area contributed by atoms with Crippen molar-refractivity contribution in [3.8, 4) is 5.88 Å². The van der Waals surface area contributed by atoms with Crippen molar-refractivity contribution in [1.82, 2.24) is 14.9 Å². The van der Waals surface area contributed by atoms with Gasteiger partial charge < -0.3 is 15.0 Å². The van der Waals surface area contributed by atoms with E-state index in [4.69, 9.17) is 4.74 Å². The third kappa shape index (κ3) is 3.79. The van der Waals surface area contributed by atoms with Crippen LogP contribution in [0, 0.1) is 6.92 Å². The van der Waals surface area contributed by atoms with Crippen LogP contribution in [0.3, 0.4) is 0 Å². The van der Waals surface area contributed by atoms with Crippen molar-refractivity contribution >= 4 is 11.6 Å². The number of anilines is 2.